The van der Waals surface area contributed by atoms with Crippen LogP contribution in [0.4, 0.5) is 0 Å². The Balaban J connectivity index is 3.54. The van der Waals surface area contributed by atoms with E-state index in [0.29, 0.717) is 6.42 Å². The lowest BCUT2D eigenvalue weighted by Gasteiger charge is -2.06. The van der Waals surface area contributed by atoms with Gasteiger partial charge >= 0.3 is 7.82 Å². The summed E-state index contributed by atoms with van der Waals surface area (Å²) in [5.41, 5.74) is 0. The number of allylic oxidation sites excluding steroid dienone is 10. The Kier molecular flexibility index (Phi) is 18.4. The van der Waals surface area contributed by atoms with Crippen LogP contribution in [0.25, 0.3) is 0 Å². The second-order valence-electron chi connectivity index (χ2n) is 6.27. The van der Waals surface area contributed by atoms with Crippen molar-refractivity contribution in [1.29, 1.82) is 0 Å². The number of rotatable bonds is 17. The zero-order valence-electron chi connectivity index (χ0n) is 17.4. The minimum atomic E-state index is -4.46. The summed E-state index contributed by atoms with van der Waals surface area (Å²) >= 11 is 0. The van der Waals surface area contributed by atoms with Gasteiger partial charge in [0.1, 0.15) is 0 Å². The molecule has 0 aliphatic rings. The van der Waals surface area contributed by atoms with Gasteiger partial charge in [0.25, 0.3) is 0 Å². The van der Waals surface area contributed by atoms with Crippen molar-refractivity contribution < 1.29 is 23.7 Å². The molecule has 164 valence electrons. The molecule has 0 rings (SSSR count). The highest BCUT2D eigenvalue weighted by Crippen LogP contribution is 2.35. The predicted octanol–water partition coefficient (Wildman–Crippen LogP) is 5.13. The summed E-state index contributed by atoms with van der Waals surface area (Å²) in [6, 6.07) is 0. The summed E-state index contributed by atoms with van der Waals surface area (Å²) in [6.45, 7) is 2.02. The first-order valence-electron chi connectivity index (χ1n) is 10.2. The normalized spacial score (nSPS) is 13.1. The van der Waals surface area contributed by atoms with Crippen LogP contribution in [0.3, 0.4) is 0 Å². The first kappa shape index (κ1) is 27.3. The maximum Gasteiger partial charge on any atom is 0.469 e. The van der Waals surface area contributed by atoms with E-state index in [1.54, 1.807) is 0 Å². The smallest absolute Gasteiger partial charge is 0.354 e. The highest BCUT2D eigenvalue weighted by atomic mass is 31.2. The number of carbonyl (C=O) groups is 1. The van der Waals surface area contributed by atoms with Gasteiger partial charge in [0.15, 0.2) is 0 Å². The molecule has 0 unspecified atom stereocenters. The third-order valence-corrected chi connectivity index (χ3v) is 4.13. The molecular formula is C22H36NO5P. The SMILES string of the molecule is CC/C=C\C/C=C\C/C=C\C/C=C\C/C=C\CCCC(=O)NCCOP(=O)(O)O. The molecule has 0 aliphatic carbocycles. The lowest BCUT2D eigenvalue weighted by molar-refractivity contribution is -0.121. The third-order valence-electron chi connectivity index (χ3n) is 3.62. The van der Waals surface area contributed by atoms with Crippen molar-refractivity contribution in [2.75, 3.05) is 13.2 Å². The largest absolute Gasteiger partial charge is 0.469 e. The maximum atomic E-state index is 11.5. The lowest BCUT2D eigenvalue weighted by atomic mass is 10.2. The Labute approximate surface area is 175 Å². The lowest BCUT2D eigenvalue weighted by Crippen LogP contribution is -2.26. The molecule has 0 bridgehead atoms. The van der Waals surface area contributed by atoms with Crippen molar-refractivity contribution >= 4 is 13.7 Å². The predicted molar refractivity (Wildman–Crippen MR) is 119 cm³/mol. The average Bonchev–Trinajstić information content (AvgIpc) is 2.67. The number of hydrogen-bond donors (Lipinski definition) is 3. The van der Waals surface area contributed by atoms with Crippen molar-refractivity contribution in [1.82, 2.24) is 5.32 Å². The average molecular weight is 426 g/mol. The fraction of sp³-hybridized carbons (Fsp3) is 0.500. The number of unbranched alkanes of at least 4 members (excludes halogenated alkanes) is 1. The van der Waals surface area contributed by atoms with E-state index < -0.39 is 7.82 Å². The number of hydrogen-bond acceptors (Lipinski definition) is 3. The standard InChI is InChI=1S/C22H36NO5P/c1-2-3-4-5-6-7-8-9-10-11-12-13-14-15-16-17-18-19-22(24)23-20-21-28-29(25,26)27/h3-4,6-7,9-10,12-13,15-16H,2,5,8,11,14,17-21H2,1H3,(H,23,24)(H2,25,26,27)/b4-3-,7-6-,10-9-,13-12-,16-15-. The van der Waals surface area contributed by atoms with E-state index in [2.05, 4.69) is 77.5 Å². The van der Waals surface area contributed by atoms with Gasteiger partial charge in [-0.3, -0.25) is 9.32 Å². The maximum absolute atomic E-state index is 11.5. The molecule has 7 heteroatoms. The van der Waals surface area contributed by atoms with E-state index in [4.69, 9.17) is 9.79 Å². The second kappa shape index (κ2) is 19.6. The van der Waals surface area contributed by atoms with Gasteiger partial charge in [-0.15, -0.1) is 0 Å². The summed E-state index contributed by atoms with van der Waals surface area (Å²) in [5.74, 6) is -0.147. The van der Waals surface area contributed by atoms with Gasteiger partial charge in [0.2, 0.25) is 5.91 Å². The second-order valence-corrected chi connectivity index (χ2v) is 7.51. The van der Waals surface area contributed by atoms with Gasteiger partial charge in [0, 0.05) is 13.0 Å². The summed E-state index contributed by atoms with van der Waals surface area (Å²) in [7, 11) is -4.46. The van der Waals surface area contributed by atoms with Gasteiger partial charge < -0.3 is 15.1 Å². The van der Waals surface area contributed by atoms with Crippen LogP contribution in [-0.2, 0) is 13.9 Å². The topological polar surface area (TPSA) is 95.9 Å². The molecule has 0 radical (unpaired) electrons. The van der Waals surface area contributed by atoms with E-state index in [1.807, 2.05) is 0 Å². The van der Waals surface area contributed by atoms with Crippen molar-refractivity contribution in [3.8, 4) is 0 Å². The molecular weight excluding hydrogens is 389 g/mol. The van der Waals surface area contributed by atoms with E-state index in [-0.39, 0.29) is 19.1 Å². The fourth-order valence-electron chi connectivity index (χ4n) is 2.19. The minimum Gasteiger partial charge on any atom is -0.354 e. The number of phosphoric acid groups is 1. The van der Waals surface area contributed by atoms with Crippen LogP contribution in [0.1, 0.15) is 58.3 Å². The molecule has 0 spiro atoms. The summed E-state index contributed by atoms with van der Waals surface area (Å²) in [6.07, 6.45) is 28.3. The minimum absolute atomic E-state index is 0.0889. The monoisotopic (exact) mass is 425 g/mol. The number of amides is 1. The molecule has 0 heterocycles. The van der Waals surface area contributed by atoms with Gasteiger partial charge in [-0.05, 0) is 44.9 Å². The Hall–Kier alpha value is -1.72. The van der Waals surface area contributed by atoms with Gasteiger partial charge in [-0.1, -0.05) is 67.7 Å². The van der Waals surface area contributed by atoms with Crippen LogP contribution >= 0.6 is 7.82 Å². The molecule has 6 nitrogen and oxygen atoms in total. The molecule has 0 saturated carbocycles. The van der Waals surface area contributed by atoms with Crippen molar-refractivity contribution in [3.05, 3.63) is 60.8 Å². The van der Waals surface area contributed by atoms with Gasteiger partial charge in [-0.2, -0.15) is 0 Å². The third kappa shape index (κ3) is 24.2. The van der Waals surface area contributed by atoms with Crippen molar-refractivity contribution in [2.24, 2.45) is 0 Å². The Morgan fingerprint density at radius 3 is 1.83 bits per heavy atom. The molecule has 1 amide bonds. The fourth-order valence-corrected chi connectivity index (χ4v) is 2.52. The van der Waals surface area contributed by atoms with E-state index in [1.165, 1.54) is 0 Å². The number of nitrogens with one attached hydrogen (secondary N) is 1. The van der Waals surface area contributed by atoms with Gasteiger partial charge in [0.05, 0.1) is 6.61 Å². The Morgan fingerprint density at radius 2 is 1.34 bits per heavy atom. The van der Waals surface area contributed by atoms with E-state index in [0.717, 1.165) is 44.9 Å². The summed E-state index contributed by atoms with van der Waals surface area (Å²) in [5, 5.41) is 2.55. The van der Waals surface area contributed by atoms with Crippen LogP contribution in [-0.4, -0.2) is 28.8 Å². The van der Waals surface area contributed by atoms with Crippen LogP contribution in [0.2, 0.25) is 0 Å². The van der Waals surface area contributed by atoms with E-state index >= 15 is 0 Å². The van der Waals surface area contributed by atoms with Crippen molar-refractivity contribution in [2.45, 2.75) is 58.3 Å². The Bertz CT molecular complexity index is 602. The molecule has 0 aliphatic heterocycles. The van der Waals surface area contributed by atoms with Crippen LogP contribution < -0.4 is 5.32 Å². The van der Waals surface area contributed by atoms with Gasteiger partial charge in [-0.25, -0.2) is 4.57 Å². The first-order chi connectivity index (χ1) is 14.0. The van der Waals surface area contributed by atoms with Crippen LogP contribution in [0.5, 0.6) is 0 Å². The summed E-state index contributed by atoms with van der Waals surface area (Å²) < 4.78 is 14.7. The van der Waals surface area contributed by atoms with E-state index in [9.17, 15) is 9.36 Å². The molecule has 3 N–H and O–H groups in total. The molecule has 0 fully saturated rings. The number of carbonyl (C=O) groups excluding carboxylic acids is 1. The highest BCUT2D eigenvalue weighted by Gasteiger charge is 2.12. The van der Waals surface area contributed by atoms with Crippen molar-refractivity contribution in [3.63, 3.8) is 0 Å². The zero-order chi connectivity index (χ0) is 21.6. The molecule has 0 aromatic heterocycles. The molecule has 0 atom stereocenters. The zero-order valence-corrected chi connectivity index (χ0v) is 18.3. The highest BCUT2D eigenvalue weighted by molar-refractivity contribution is 7.46. The molecule has 0 aromatic rings. The molecule has 0 aromatic carbocycles. The quantitative estimate of drug-likeness (QED) is 0.170. The molecule has 0 saturated heterocycles. The molecule has 29 heavy (non-hydrogen) atoms. The summed E-state index contributed by atoms with van der Waals surface area (Å²) in [4.78, 5) is 28.5. The van der Waals surface area contributed by atoms with Crippen LogP contribution in [0.15, 0.2) is 60.8 Å². The number of phosphoric ester groups is 1. The first-order valence-corrected chi connectivity index (χ1v) is 11.7. The Morgan fingerprint density at radius 1 is 0.862 bits per heavy atom. The van der Waals surface area contributed by atoms with Crippen LogP contribution in [0, 0.1) is 0 Å².